The molecule has 0 saturated heterocycles. The van der Waals surface area contributed by atoms with Gasteiger partial charge < -0.3 is 14.6 Å². The fraction of sp³-hybridized carbons (Fsp3) is 0.263. The number of aromatic nitrogens is 1. The number of nitrogens with one attached hydrogen (secondary N) is 2. The zero-order chi connectivity index (χ0) is 21.2. The fourth-order valence-corrected chi connectivity index (χ4v) is 4.24. The van der Waals surface area contributed by atoms with Crippen molar-refractivity contribution in [3.8, 4) is 0 Å². The third-order valence-electron chi connectivity index (χ3n) is 4.12. The number of amides is 1. The number of carbonyl (C=O) groups is 1. The van der Waals surface area contributed by atoms with E-state index in [-0.39, 0.29) is 16.5 Å². The van der Waals surface area contributed by atoms with Gasteiger partial charge in [0.05, 0.1) is 0 Å². The first-order valence-corrected chi connectivity index (χ1v) is 11.2. The summed E-state index contributed by atoms with van der Waals surface area (Å²) in [6.07, 6.45) is 2.28. The van der Waals surface area contributed by atoms with Crippen LogP contribution in [-0.2, 0) is 10.0 Å². The third kappa shape index (κ3) is 4.70. The topological polar surface area (TPSA) is 105 Å². The van der Waals surface area contributed by atoms with Gasteiger partial charge in [0.25, 0.3) is 10.0 Å². The molecule has 154 valence electrons. The lowest BCUT2D eigenvalue weighted by molar-refractivity contribution is 0.0956. The third-order valence-corrected chi connectivity index (χ3v) is 5.90. The summed E-state index contributed by atoms with van der Waals surface area (Å²) in [6.45, 7) is 2.49. The van der Waals surface area contributed by atoms with Crippen LogP contribution < -0.4 is 14.9 Å². The van der Waals surface area contributed by atoms with Crippen LogP contribution in [0.5, 0.6) is 0 Å². The quantitative estimate of drug-likeness (QED) is 0.532. The molecule has 1 aromatic carbocycles. The molecule has 0 bridgehead atoms. The highest BCUT2D eigenvalue weighted by Crippen LogP contribution is 2.26. The minimum absolute atomic E-state index is 0.0921. The average Bonchev–Trinajstić information content (AvgIpc) is 3.10. The summed E-state index contributed by atoms with van der Waals surface area (Å²) in [5, 5.41) is 3.66. The van der Waals surface area contributed by atoms with E-state index in [0.29, 0.717) is 22.0 Å². The van der Waals surface area contributed by atoms with E-state index in [9.17, 15) is 13.2 Å². The number of nitrogens with zero attached hydrogens (tertiary/aromatic N) is 2. The van der Waals surface area contributed by atoms with Crippen LogP contribution in [0.15, 0.2) is 50.3 Å². The first kappa shape index (κ1) is 21.1. The number of fused-ring (bicyclic) bond motifs is 1. The zero-order valence-electron chi connectivity index (χ0n) is 16.2. The second-order valence-electron chi connectivity index (χ2n) is 6.59. The first-order chi connectivity index (χ1) is 13.7. The molecule has 0 aliphatic heterocycles. The molecule has 0 aliphatic rings. The molecular formula is C19H21BrN4O4S. The summed E-state index contributed by atoms with van der Waals surface area (Å²) in [6, 6.07) is 8.38. The van der Waals surface area contributed by atoms with Crippen LogP contribution in [0.2, 0.25) is 0 Å². The van der Waals surface area contributed by atoms with E-state index >= 15 is 0 Å². The lowest BCUT2D eigenvalue weighted by Gasteiger charge is -2.12. The standard InChI is InChI=1S/C19H21BrN4O4S/c1-4-7-21-18-17(9-13(20)11-22-18)29(26,27)23-19(25)16-8-12-5-6-14(24(2)3)10-15(12)28-16/h5-6,8-11H,4,7H2,1-3H3,(H,21,22)(H,23,25). The lowest BCUT2D eigenvalue weighted by atomic mass is 10.2. The Balaban J connectivity index is 1.90. The van der Waals surface area contributed by atoms with E-state index in [2.05, 4.69) is 31.0 Å². The maximum absolute atomic E-state index is 12.8. The van der Waals surface area contributed by atoms with Crippen LogP contribution in [0, 0.1) is 0 Å². The molecule has 29 heavy (non-hydrogen) atoms. The Morgan fingerprint density at radius 2 is 2.00 bits per heavy atom. The summed E-state index contributed by atoms with van der Waals surface area (Å²) in [4.78, 5) is 18.5. The predicted molar refractivity (Wildman–Crippen MR) is 116 cm³/mol. The van der Waals surface area contributed by atoms with Crippen molar-refractivity contribution < 1.29 is 17.6 Å². The van der Waals surface area contributed by atoms with Crippen molar-refractivity contribution in [3.05, 3.63) is 46.8 Å². The molecule has 0 radical (unpaired) electrons. The number of hydrogen-bond acceptors (Lipinski definition) is 7. The number of rotatable bonds is 7. The number of carbonyl (C=O) groups excluding carboxylic acids is 1. The minimum Gasteiger partial charge on any atom is -0.451 e. The molecule has 8 nitrogen and oxygen atoms in total. The number of anilines is 2. The molecule has 2 N–H and O–H groups in total. The number of sulfonamides is 1. The smallest absolute Gasteiger partial charge is 0.300 e. The molecule has 2 aromatic heterocycles. The number of halogens is 1. The van der Waals surface area contributed by atoms with E-state index in [0.717, 1.165) is 12.1 Å². The molecule has 3 aromatic rings. The number of hydrogen-bond donors (Lipinski definition) is 2. The summed E-state index contributed by atoms with van der Waals surface area (Å²) < 4.78 is 33.8. The van der Waals surface area contributed by atoms with E-state index < -0.39 is 15.9 Å². The largest absolute Gasteiger partial charge is 0.451 e. The highest BCUT2D eigenvalue weighted by molar-refractivity contribution is 9.10. The summed E-state index contributed by atoms with van der Waals surface area (Å²) in [5.41, 5.74) is 1.39. The van der Waals surface area contributed by atoms with Gasteiger partial charge in [-0.2, -0.15) is 0 Å². The summed E-state index contributed by atoms with van der Waals surface area (Å²) in [7, 11) is -0.394. The Bertz CT molecular complexity index is 1160. The highest BCUT2D eigenvalue weighted by Gasteiger charge is 2.25. The SMILES string of the molecule is CCCNc1ncc(Br)cc1S(=O)(=O)NC(=O)c1cc2ccc(N(C)C)cc2o1. The van der Waals surface area contributed by atoms with E-state index in [1.807, 2.05) is 38.1 Å². The molecule has 0 spiro atoms. The molecule has 0 aliphatic carbocycles. The van der Waals surface area contributed by atoms with Crippen molar-refractivity contribution in [2.45, 2.75) is 18.2 Å². The van der Waals surface area contributed by atoms with E-state index in [1.54, 1.807) is 6.07 Å². The molecular weight excluding hydrogens is 460 g/mol. The average molecular weight is 481 g/mol. The molecule has 10 heteroatoms. The van der Waals surface area contributed by atoms with Crippen molar-refractivity contribution in [2.24, 2.45) is 0 Å². The van der Waals surface area contributed by atoms with Crippen molar-refractivity contribution in [3.63, 3.8) is 0 Å². The highest BCUT2D eigenvalue weighted by atomic mass is 79.9. The Morgan fingerprint density at radius 1 is 1.24 bits per heavy atom. The number of pyridine rings is 1. The molecule has 0 fully saturated rings. The number of benzene rings is 1. The van der Waals surface area contributed by atoms with E-state index in [1.165, 1.54) is 18.3 Å². The van der Waals surface area contributed by atoms with Crippen molar-refractivity contribution in [1.29, 1.82) is 0 Å². The van der Waals surface area contributed by atoms with Crippen LogP contribution in [0.4, 0.5) is 11.5 Å². The van der Waals surface area contributed by atoms with Crippen LogP contribution in [-0.4, -0.2) is 39.9 Å². The van der Waals surface area contributed by atoms with Crippen molar-refractivity contribution in [1.82, 2.24) is 9.71 Å². The monoisotopic (exact) mass is 480 g/mol. The van der Waals surface area contributed by atoms with Gasteiger partial charge in [-0.15, -0.1) is 0 Å². The normalized spacial score (nSPS) is 11.4. The van der Waals surface area contributed by atoms with Crippen LogP contribution in [0.25, 0.3) is 11.0 Å². The van der Waals surface area contributed by atoms with Gasteiger partial charge in [-0.3, -0.25) is 4.79 Å². The Kier molecular flexibility index (Phi) is 6.13. The van der Waals surface area contributed by atoms with Gasteiger partial charge in [0.15, 0.2) is 5.76 Å². The molecule has 0 unspecified atom stereocenters. The van der Waals surface area contributed by atoms with Crippen molar-refractivity contribution >= 4 is 54.3 Å². The Hall–Kier alpha value is -2.59. The van der Waals surface area contributed by atoms with Gasteiger partial charge in [-0.1, -0.05) is 6.92 Å². The zero-order valence-corrected chi connectivity index (χ0v) is 18.6. The Morgan fingerprint density at radius 3 is 2.69 bits per heavy atom. The van der Waals surface area contributed by atoms with Gasteiger partial charge >= 0.3 is 5.91 Å². The second-order valence-corrected chi connectivity index (χ2v) is 9.16. The van der Waals surface area contributed by atoms with E-state index in [4.69, 9.17) is 4.42 Å². The van der Waals surface area contributed by atoms with Gasteiger partial charge in [-0.05, 0) is 46.6 Å². The molecule has 0 saturated carbocycles. The molecule has 3 rings (SSSR count). The lowest BCUT2D eigenvalue weighted by Crippen LogP contribution is -2.31. The second kappa shape index (κ2) is 8.42. The predicted octanol–water partition coefficient (Wildman–Crippen LogP) is 3.60. The molecule has 1 amide bonds. The van der Waals surface area contributed by atoms with Crippen LogP contribution in [0.3, 0.4) is 0 Å². The minimum atomic E-state index is -4.17. The van der Waals surface area contributed by atoms with Gasteiger partial charge in [0.2, 0.25) is 0 Å². The summed E-state index contributed by atoms with van der Waals surface area (Å²) in [5.74, 6) is -0.768. The summed E-state index contributed by atoms with van der Waals surface area (Å²) >= 11 is 3.22. The molecule has 0 atom stereocenters. The maximum Gasteiger partial charge on any atom is 0.300 e. The van der Waals surface area contributed by atoms with Gasteiger partial charge in [0, 0.05) is 48.4 Å². The van der Waals surface area contributed by atoms with Crippen LogP contribution in [0.1, 0.15) is 23.9 Å². The first-order valence-electron chi connectivity index (χ1n) is 8.88. The maximum atomic E-state index is 12.8. The van der Waals surface area contributed by atoms with Gasteiger partial charge in [-0.25, -0.2) is 18.1 Å². The van der Waals surface area contributed by atoms with Gasteiger partial charge in [0.1, 0.15) is 16.3 Å². The van der Waals surface area contributed by atoms with Crippen LogP contribution >= 0.6 is 15.9 Å². The molecule has 2 heterocycles. The fourth-order valence-electron chi connectivity index (χ4n) is 2.64. The number of furan rings is 1. The Labute approximate surface area is 177 Å². The van der Waals surface area contributed by atoms with Crippen molar-refractivity contribution in [2.75, 3.05) is 30.9 Å².